The third-order valence-electron chi connectivity index (χ3n) is 2.63. The largest absolute Gasteiger partial charge is 0.380 e. The molecule has 0 amide bonds. The molecular weight excluding hydrogens is 301 g/mol. The lowest BCUT2D eigenvalue weighted by Gasteiger charge is -2.08. The second-order valence-electron chi connectivity index (χ2n) is 3.88. The molecule has 17 heavy (non-hydrogen) atoms. The number of aryl methyl sites for hydroxylation is 1. The molecule has 0 radical (unpaired) electrons. The molecule has 2 aromatic rings. The zero-order valence-corrected chi connectivity index (χ0v) is 12.1. The van der Waals surface area contributed by atoms with Gasteiger partial charge in [0.15, 0.2) is 0 Å². The summed E-state index contributed by atoms with van der Waals surface area (Å²) >= 11 is 5.23. The van der Waals surface area contributed by atoms with Gasteiger partial charge in [0.05, 0.1) is 0 Å². The molecule has 4 heteroatoms. The van der Waals surface area contributed by atoms with Gasteiger partial charge in [-0.3, -0.25) is 0 Å². The second-order valence-corrected chi connectivity index (χ2v) is 6.08. The first-order chi connectivity index (χ1) is 8.08. The predicted octanol–water partition coefficient (Wildman–Crippen LogP) is 4.88. The number of hydrogen-bond acceptors (Lipinski definition) is 2. The first-order valence-electron chi connectivity index (χ1n) is 5.31. The zero-order valence-electron chi connectivity index (χ0n) is 9.68. The normalized spacial score (nSPS) is 10.6. The smallest absolute Gasteiger partial charge is 0.128 e. The summed E-state index contributed by atoms with van der Waals surface area (Å²) in [5.41, 5.74) is 1.52. The molecule has 0 unspecified atom stereocenters. The van der Waals surface area contributed by atoms with E-state index < -0.39 is 0 Å². The Morgan fingerprint density at radius 2 is 2.12 bits per heavy atom. The van der Waals surface area contributed by atoms with Gasteiger partial charge >= 0.3 is 0 Å². The van der Waals surface area contributed by atoms with E-state index in [-0.39, 0.29) is 5.82 Å². The van der Waals surface area contributed by atoms with Crippen molar-refractivity contribution in [3.63, 3.8) is 0 Å². The fourth-order valence-electron chi connectivity index (χ4n) is 1.59. The third-order valence-corrected chi connectivity index (χ3v) is 4.77. The summed E-state index contributed by atoms with van der Waals surface area (Å²) in [6.45, 7) is 4.58. The molecule has 1 nitrogen and oxygen atoms in total. The number of halogens is 2. The van der Waals surface area contributed by atoms with Crippen molar-refractivity contribution >= 4 is 33.0 Å². The van der Waals surface area contributed by atoms with Crippen LogP contribution in [0.1, 0.15) is 15.3 Å². The summed E-state index contributed by atoms with van der Waals surface area (Å²) in [4.78, 5) is 2.50. The first kappa shape index (κ1) is 12.6. The molecule has 0 spiro atoms. The summed E-state index contributed by atoms with van der Waals surface area (Å²) in [6, 6.07) is 7.20. The van der Waals surface area contributed by atoms with Crippen LogP contribution in [0.15, 0.2) is 28.7 Å². The molecular formula is C13H13BrFNS. The van der Waals surface area contributed by atoms with Crippen molar-refractivity contribution in [2.75, 3.05) is 5.32 Å². The van der Waals surface area contributed by atoms with Crippen LogP contribution < -0.4 is 5.32 Å². The molecule has 0 fully saturated rings. The standard InChI is InChI=1S/C13H13BrFNS/c1-8-12(15)4-3-5-13(8)16-7-10-6-11(14)9(2)17-10/h3-6,16H,7H2,1-2H3. The molecule has 0 saturated heterocycles. The molecule has 0 saturated carbocycles. The minimum Gasteiger partial charge on any atom is -0.380 e. The van der Waals surface area contributed by atoms with Crippen LogP contribution in [0.2, 0.25) is 0 Å². The van der Waals surface area contributed by atoms with Crippen LogP contribution in [0.3, 0.4) is 0 Å². The first-order valence-corrected chi connectivity index (χ1v) is 6.92. The van der Waals surface area contributed by atoms with Gasteiger partial charge in [0.1, 0.15) is 5.82 Å². The zero-order chi connectivity index (χ0) is 12.4. The number of benzene rings is 1. The molecule has 0 bridgehead atoms. The van der Waals surface area contributed by atoms with Crippen LogP contribution in [0.4, 0.5) is 10.1 Å². The maximum Gasteiger partial charge on any atom is 0.128 e. The average Bonchev–Trinajstić information content (AvgIpc) is 2.61. The van der Waals surface area contributed by atoms with Crippen LogP contribution in [-0.4, -0.2) is 0 Å². The Morgan fingerprint density at radius 3 is 2.76 bits per heavy atom. The van der Waals surface area contributed by atoms with E-state index in [1.165, 1.54) is 15.8 Å². The Kier molecular flexibility index (Phi) is 3.84. The van der Waals surface area contributed by atoms with Crippen LogP contribution >= 0.6 is 27.3 Å². The number of hydrogen-bond donors (Lipinski definition) is 1. The van der Waals surface area contributed by atoms with E-state index in [4.69, 9.17) is 0 Å². The van der Waals surface area contributed by atoms with Gasteiger partial charge in [0, 0.05) is 32.0 Å². The van der Waals surface area contributed by atoms with Gasteiger partial charge in [-0.25, -0.2) is 4.39 Å². The molecule has 2 rings (SSSR count). The molecule has 0 aliphatic heterocycles. The summed E-state index contributed by atoms with van der Waals surface area (Å²) in [7, 11) is 0. The van der Waals surface area contributed by atoms with Gasteiger partial charge in [0.25, 0.3) is 0 Å². The highest BCUT2D eigenvalue weighted by Crippen LogP contribution is 2.27. The molecule has 0 atom stereocenters. The Morgan fingerprint density at radius 1 is 1.35 bits per heavy atom. The van der Waals surface area contributed by atoms with E-state index in [0.29, 0.717) is 5.56 Å². The van der Waals surface area contributed by atoms with Gasteiger partial charge in [-0.05, 0) is 48.0 Å². The number of rotatable bonds is 3. The fraction of sp³-hybridized carbons (Fsp3) is 0.231. The van der Waals surface area contributed by atoms with E-state index in [1.807, 2.05) is 6.07 Å². The number of anilines is 1. The van der Waals surface area contributed by atoms with Crippen molar-refractivity contribution in [1.29, 1.82) is 0 Å². The summed E-state index contributed by atoms with van der Waals surface area (Å²) in [6.07, 6.45) is 0. The Balaban J connectivity index is 2.10. The summed E-state index contributed by atoms with van der Waals surface area (Å²) in [5.74, 6) is -0.168. The minimum absolute atomic E-state index is 0.168. The summed E-state index contributed by atoms with van der Waals surface area (Å²) in [5, 5.41) is 3.26. The highest BCUT2D eigenvalue weighted by atomic mass is 79.9. The predicted molar refractivity (Wildman–Crippen MR) is 75.2 cm³/mol. The maximum absolute atomic E-state index is 13.3. The van der Waals surface area contributed by atoms with Gasteiger partial charge in [0.2, 0.25) is 0 Å². The highest BCUT2D eigenvalue weighted by Gasteiger charge is 2.05. The number of nitrogens with one attached hydrogen (secondary N) is 1. The monoisotopic (exact) mass is 313 g/mol. The van der Waals surface area contributed by atoms with Crippen molar-refractivity contribution < 1.29 is 4.39 Å². The SMILES string of the molecule is Cc1sc(CNc2cccc(F)c2C)cc1Br. The second kappa shape index (κ2) is 5.19. The van der Waals surface area contributed by atoms with E-state index in [2.05, 4.69) is 34.2 Å². The van der Waals surface area contributed by atoms with E-state index in [0.717, 1.165) is 16.7 Å². The van der Waals surface area contributed by atoms with Crippen LogP contribution in [-0.2, 0) is 6.54 Å². The van der Waals surface area contributed by atoms with Crippen LogP contribution in [0.25, 0.3) is 0 Å². The van der Waals surface area contributed by atoms with E-state index in [1.54, 1.807) is 24.3 Å². The van der Waals surface area contributed by atoms with Crippen molar-refractivity contribution in [2.24, 2.45) is 0 Å². The highest BCUT2D eigenvalue weighted by molar-refractivity contribution is 9.10. The van der Waals surface area contributed by atoms with Gasteiger partial charge in [-0.2, -0.15) is 0 Å². The fourth-order valence-corrected chi connectivity index (χ4v) is 3.13. The Bertz CT molecular complexity index is 517. The topological polar surface area (TPSA) is 12.0 Å². The van der Waals surface area contributed by atoms with E-state index >= 15 is 0 Å². The average molecular weight is 314 g/mol. The van der Waals surface area contributed by atoms with Crippen LogP contribution in [0, 0.1) is 19.7 Å². The summed E-state index contributed by atoms with van der Waals surface area (Å²) < 4.78 is 14.5. The molecule has 1 N–H and O–H groups in total. The number of thiophene rings is 1. The van der Waals surface area contributed by atoms with Gasteiger partial charge in [-0.15, -0.1) is 11.3 Å². The lowest BCUT2D eigenvalue weighted by Crippen LogP contribution is -2.00. The van der Waals surface area contributed by atoms with E-state index in [9.17, 15) is 4.39 Å². The Labute approximate surface area is 113 Å². The maximum atomic E-state index is 13.3. The van der Waals surface area contributed by atoms with Crippen molar-refractivity contribution in [1.82, 2.24) is 0 Å². The molecule has 1 heterocycles. The van der Waals surface area contributed by atoms with Crippen molar-refractivity contribution in [2.45, 2.75) is 20.4 Å². The molecule has 0 aliphatic rings. The molecule has 1 aromatic carbocycles. The van der Waals surface area contributed by atoms with Crippen molar-refractivity contribution in [3.05, 3.63) is 49.9 Å². The van der Waals surface area contributed by atoms with Crippen LogP contribution in [0.5, 0.6) is 0 Å². The minimum atomic E-state index is -0.168. The van der Waals surface area contributed by atoms with Gasteiger partial charge < -0.3 is 5.32 Å². The lowest BCUT2D eigenvalue weighted by atomic mass is 10.2. The molecule has 90 valence electrons. The quantitative estimate of drug-likeness (QED) is 0.851. The van der Waals surface area contributed by atoms with Gasteiger partial charge in [-0.1, -0.05) is 6.07 Å². The third kappa shape index (κ3) is 2.87. The van der Waals surface area contributed by atoms with Crippen molar-refractivity contribution in [3.8, 4) is 0 Å². The molecule has 0 aliphatic carbocycles. The Hall–Kier alpha value is -0.870. The molecule has 1 aromatic heterocycles. The lowest BCUT2D eigenvalue weighted by molar-refractivity contribution is 0.619.